The SMILES string of the molecule is CC(C)NCc1cccc(Cn2cc(C(F)(F)F)cn2)c1. The minimum Gasteiger partial charge on any atom is -0.310 e. The molecule has 1 aromatic carbocycles. The minimum atomic E-state index is -4.35. The number of halogens is 3. The lowest BCUT2D eigenvalue weighted by atomic mass is 10.1. The van der Waals surface area contributed by atoms with Crippen LogP contribution in [0, 0.1) is 0 Å². The average molecular weight is 297 g/mol. The molecule has 2 rings (SSSR count). The number of nitrogens with one attached hydrogen (secondary N) is 1. The predicted octanol–water partition coefficient (Wildman–Crippen LogP) is 3.45. The monoisotopic (exact) mass is 297 g/mol. The summed E-state index contributed by atoms with van der Waals surface area (Å²) in [5.41, 5.74) is 1.31. The smallest absolute Gasteiger partial charge is 0.310 e. The summed E-state index contributed by atoms with van der Waals surface area (Å²) >= 11 is 0. The molecular weight excluding hydrogens is 279 g/mol. The Labute approximate surface area is 121 Å². The molecule has 0 aliphatic heterocycles. The van der Waals surface area contributed by atoms with E-state index >= 15 is 0 Å². The van der Waals surface area contributed by atoms with E-state index in [1.165, 1.54) is 4.68 Å². The maximum atomic E-state index is 12.5. The van der Waals surface area contributed by atoms with E-state index in [-0.39, 0.29) is 0 Å². The number of aromatic nitrogens is 2. The van der Waals surface area contributed by atoms with Crippen LogP contribution in [0.2, 0.25) is 0 Å². The van der Waals surface area contributed by atoms with Crippen LogP contribution in [0.1, 0.15) is 30.5 Å². The normalized spacial score (nSPS) is 12.1. The Balaban J connectivity index is 2.06. The Morgan fingerprint density at radius 2 is 1.95 bits per heavy atom. The largest absolute Gasteiger partial charge is 0.419 e. The maximum absolute atomic E-state index is 12.5. The molecule has 0 aliphatic carbocycles. The second kappa shape index (κ2) is 6.30. The first kappa shape index (κ1) is 15.6. The number of nitrogens with zero attached hydrogens (tertiary/aromatic N) is 2. The van der Waals surface area contributed by atoms with Gasteiger partial charge in [-0.25, -0.2) is 0 Å². The zero-order valence-electron chi connectivity index (χ0n) is 12.0. The van der Waals surface area contributed by atoms with Crippen molar-refractivity contribution < 1.29 is 13.2 Å². The molecule has 0 radical (unpaired) electrons. The molecule has 21 heavy (non-hydrogen) atoms. The van der Waals surface area contributed by atoms with Gasteiger partial charge in [0.1, 0.15) is 0 Å². The molecule has 114 valence electrons. The maximum Gasteiger partial charge on any atom is 0.419 e. The Morgan fingerprint density at radius 1 is 1.24 bits per heavy atom. The summed E-state index contributed by atoms with van der Waals surface area (Å²) in [4.78, 5) is 0. The van der Waals surface area contributed by atoms with Crippen LogP contribution in [-0.4, -0.2) is 15.8 Å². The van der Waals surface area contributed by atoms with E-state index in [2.05, 4.69) is 24.3 Å². The molecule has 0 spiro atoms. The van der Waals surface area contributed by atoms with Crippen LogP contribution < -0.4 is 5.32 Å². The van der Waals surface area contributed by atoms with Crippen molar-refractivity contribution >= 4 is 0 Å². The lowest BCUT2D eigenvalue weighted by Crippen LogP contribution is -2.21. The molecule has 0 bridgehead atoms. The summed E-state index contributed by atoms with van der Waals surface area (Å²) in [6.07, 6.45) is -2.47. The van der Waals surface area contributed by atoms with Gasteiger partial charge in [-0.05, 0) is 11.1 Å². The highest BCUT2D eigenvalue weighted by Crippen LogP contribution is 2.28. The zero-order valence-corrected chi connectivity index (χ0v) is 12.0. The van der Waals surface area contributed by atoms with E-state index in [0.717, 1.165) is 30.1 Å². The molecule has 1 aromatic heterocycles. The first-order valence-electron chi connectivity index (χ1n) is 6.75. The first-order chi connectivity index (χ1) is 9.84. The standard InChI is InChI=1S/C15H18F3N3/c1-11(2)19-7-12-4-3-5-13(6-12)9-21-10-14(8-20-21)15(16,17)18/h3-6,8,10-11,19H,7,9H2,1-2H3. The van der Waals surface area contributed by atoms with Crippen molar-refractivity contribution in [3.8, 4) is 0 Å². The summed E-state index contributed by atoms with van der Waals surface area (Å²) < 4.78 is 38.9. The fourth-order valence-electron chi connectivity index (χ4n) is 1.94. The quantitative estimate of drug-likeness (QED) is 0.916. The Hall–Kier alpha value is -1.82. The highest BCUT2D eigenvalue weighted by Gasteiger charge is 2.32. The van der Waals surface area contributed by atoms with E-state index in [9.17, 15) is 13.2 Å². The Bertz CT molecular complexity index is 588. The van der Waals surface area contributed by atoms with E-state index < -0.39 is 11.7 Å². The van der Waals surface area contributed by atoms with E-state index in [4.69, 9.17) is 0 Å². The summed E-state index contributed by atoms with van der Waals surface area (Å²) in [6, 6.07) is 8.14. The highest BCUT2D eigenvalue weighted by atomic mass is 19.4. The van der Waals surface area contributed by atoms with Crippen LogP contribution in [0.25, 0.3) is 0 Å². The molecule has 3 nitrogen and oxygen atoms in total. The summed E-state index contributed by atoms with van der Waals surface area (Å²) in [5.74, 6) is 0. The highest BCUT2D eigenvalue weighted by molar-refractivity contribution is 5.24. The zero-order chi connectivity index (χ0) is 15.5. The molecule has 6 heteroatoms. The molecule has 0 unspecified atom stereocenters. The Morgan fingerprint density at radius 3 is 2.57 bits per heavy atom. The van der Waals surface area contributed by atoms with Gasteiger partial charge >= 0.3 is 6.18 Å². The van der Waals surface area contributed by atoms with Gasteiger partial charge in [-0.1, -0.05) is 38.1 Å². The lowest BCUT2D eigenvalue weighted by molar-refractivity contribution is -0.137. The molecule has 1 heterocycles. The third-order valence-corrected chi connectivity index (χ3v) is 3.01. The van der Waals surface area contributed by atoms with Crippen molar-refractivity contribution in [3.63, 3.8) is 0 Å². The van der Waals surface area contributed by atoms with Gasteiger partial charge < -0.3 is 5.32 Å². The molecule has 0 saturated carbocycles. The van der Waals surface area contributed by atoms with Crippen molar-refractivity contribution in [1.29, 1.82) is 0 Å². The van der Waals surface area contributed by atoms with Crippen molar-refractivity contribution in [3.05, 3.63) is 53.3 Å². The third kappa shape index (κ3) is 4.60. The van der Waals surface area contributed by atoms with Crippen LogP contribution in [0.5, 0.6) is 0 Å². The minimum absolute atomic E-state index is 0.325. The number of rotatable bonds is 5. The second-order valence-corrected chi connectivity index (χ2v) is 5.28. The fourth-order valence-corrected chi connectivity index (χ4v) is 1.94. The third-order valence-electron chi connectivity index (χ3n) is 3.01. The molecule has 0 fully saturated rings. The van der Waals surface area contributed by atoms with Gasteiger partial charge in [-0.15, -0.1) is 0 Å². The first-order valence-corrected chi connectivity index (χ1v) is 6.75. The number of hydrogen-bond donors (Lipinski definition) is 1. The average Bonchev–Trinajstić information content (AvgIpc) is 2.85. The van der Waals surface area contributed by atoms with Gasteiger partial charge in [-0.3, -0.25) is 4.68 Å². The number of alkyl halides is 3. The molecule has 0 atom stereocenters. The molecular formula is C15H18F3N3. The lowest BCUT2D eigenvalue weighted by Gasteiger charge is -2.09. The van der Waals surface area contributed by atoms with Crippen LogP contribution in [0.4, 0.5) is 13.2 Å². The molecule has 1 N–H and O–H groups in total. The van der Waals surface area contributed by atoms with Crippen LogP contribution in [0.3, 0.4) is 0 Å². The van der Waals surface area contributed by atoms with Gasteiger partial charge in [0.15, 0.2) is 0 Å². The summed E-state index contributed by atoms with van der Waals surface area (Å²) in [7, 11) is 0. The van der Waals surface area contributed by atoms with E-state index in [1.807, 2.05) is 24.3 Å². The second-order valence-electron chi connectivity index (χ2n) is 5.28. The van der Waals surface area contributed by atoms with Gasteiger partial charge in [0.25, 0.3) is 0 Å². The molecule has 0 aliphatic rings. The van der Waals surface area contributed by atoms with E-state index in [0.29, 0.717) is 12.6 Å². The van der Waals surface area contributed by atoms with Gasteiger partial charge in [0.2, 0.25) is 0 Å². The van der Waals surface area contributed by atoms with Crippen molar-refractivity contribution in [2.24, 2.45) is 0 Å². The van der Waals surface area contributed by atoms with Crippen molar-refractivity contribution in [2.75, 3.05) is 0 Å². The summed E-state index contributed by atoms with van der Waals surface area (Å²) in [5, 5.41) is 7.07. The van der Waals surface area contributed by atoms with Gasteiger partial charge in [0.05, 0.1) is 18.3 Å². The Kier molecular flexibility index (Phi) is 4.67. The topological polar surface area (TPSA) is 29.9 Å². The summed E-state index contributed by atoms with van der Waals surface area (Å²) in [6.45, 7) is 5.18. The number of hydrogen-bond acceptors (Lipinski definition) is 2. The van der Waals surface area contributed by atoms with Gasteiger partial charge in [-0.2, -0.15) is 18.3 Å². The van der Waals surface area contributed by atoms with E-state index in [1.54, 1.807) is 0 Å². The van der Waals surface area contributed by atoms with Crippen molar-refractivity contribution in [1.82, 2.24) is 15.1 Å². The van der Waals surface area contributed by atoms with Crippen LogP contribution in [-0.2, 0) is 19.3 Å². The predicted molar refractivity (Wildman–Crippen MR) is 74.7 cm³/mol. The van der Waals surface area contributed by atoms with Crippen molar-refractivity contribution in [2.45, 2.75) is 39.2 Å². The van der Waals surface area contributed by atoms with Gasteiger partial charge in [0, 0.05) is 18.8 Å². The molecule has 0 saturated heterocycles. The molecule has 2 aromatic rings. The molecule has 0 amide bonds. The fraction of sp³-hybridized carbons (Fsp3) is 0.400. The number of benzene rings is 1. The van der Waals surface area contributed by atoms with Crippen LogP contribution in [0.15, 0.2) is 36.7 Å². The van der Waals surface area contributed by atoms with Crippen LogP contribution >= 0.6 is 0 Å².